The van der Waals surface area contributed by atoms with Crippen molar-refractivity contribution < 1.29 is 0 Å². The second-order valence-electron chi connectivity index (χ2n) is 5.78. The Bertz CT molecular complexity index is 1060. The standard InChI is InChI=1S/C19H12N4/c20-11-14-17-19(22-16-8-4-3-7-15(16)21-17)23-10-9-12-5-1-2-6-13(12)18(14)23/h1-5,7-10,19H,6H2. The first-order chi connectivity index (χ1) is 11.4. The first kappa shape index (κ1) is 12.4. The molecule has 1 atom stereocenters. The van der Waals surface area contributed by atoms with Gasteiger partial charge in [0.2, 0.25) is 0 Å². The highest BCUT2D eigenvalue weighted by Gasteiger charge is 2.40. The van der Waals surface area contributed by atoms with Gasteiger partial charge >= 0.3 is 0 Å². The van der Waals surface area contributed by atoms with Crippen molar-refractivity contribution in [3.05, 3.63) is 93.6 Å². The molecule has 0 saturated carbocycles. The van der Waals surface area contributed by atoms with Gasteiger partial charge in [0.25, 0.3) is 0 Å². The molecule has 1 unspecified atom stereocenters. The Labute approximate surface area is 133 Å². The van der Waals surface area contributed by atoms with Crippen LogP contribution in [0.15, 0.2) is 92.9 Å². The van der Waals surface area contributed by atoms with Crippen LogP contribution in [-0.4, -0.2) is 11.1 Å². The van der Waals surface area contributed by atoms with E-state index < -0.39 is 0 Å². The zero-order chi connectivity index (χ0) is 15.4. The van der Waals surface area contributed by atoms with Crippen LogP contribution in [0.25, 0.3) is 0 Å². The van der Waals surface area contributed by atoms with Crippen LogP contribution in [-0.2, 0) is 0 Å². The fraction of sp³-hybridized carbons (Fsp3) is 0.105. The van der Waals surface area contributed by atoms with Gasteiger partial charge in [0.05, 0.1) is 16.4 Å². The van der Waals surface area contributed by atoms with Crippen molar-refractivity contribution in [3.63, 3.8) is 0 Å². The Kier molecular flexibility index (Phi) is 2.37. The second-order valence-corrected chi connectivity index (χ2v) is 5.78. The van der Waals surface area contributed by atoms with Crippen molar-refractivity contribution in [2.75, 3.05) is 0 Å². The third-order valence-corrected chi connectivity index (χ3v) is 4.54. The van der Waals surface area contributed by atoms with Gasteiger partial charge in [-0.05, 0) is 35.8 Å². The van der Waals surface area contributed by atoms with Crippen LogP contribution in [0.1, 0.15) is 6.42 Å². The molecule has 1 aromatic rings. The Morgan fingerprint density at radius 3 is 2.96 bits per heavy atom. The Morgan fingerprint density at radius 2 is 2.09 bits per heavy atom. The Balaban J connectivity index is 1.82. The minimum Gasteiger partial charge on any atom is -0.319 e. The van der Waals surface area contributed by atoms with Gasteiger partial charge in [-0.1, -0.05) is 30.4 Å². The first-order valence-corrected chi connectivity index (χ1v) is 7.60. The minimum absolute atomic E-state index is 0.231. The van der Waals surface area contributed by atoms with Gasteiger partial charge < -0.3 is 4.90 Å². The molecule has 5 rings (SSSR count). The topological polar surface area (TPSA) is 51.8 Å². The van der Waals surface area contributed by atoms with E-state index in [1.54, 1.807) is 0 Å². The van der Waals surface area contributed by atoms with Crippen molar-refractivity contribution in [1.29, 1.82) is 5.26 Å². The SMILES string of the molecule is N#CC1=C2N=c3ccccc3=NC2N2C=CC3=CC=CCC3=C12. The zero-order valence-corrected chi connectivity index (χ0v) is 12.3. The maximum Gasteiger partial charge on any atom is 0.170 e. The number of nitrogens with zero attached hydrogens (tertiary/aromatic N) is 4. The van der Waals surface area contributed by atoms with Gasteiger partial charge in [0, 0.05) is 6.20 Å². The van der Waals surface area contributed by atoms with E-state index in [4.69, 9.17) is 9.98 Å². The van der Waals surface area contributed by atoms with E-state index in [0.717, 1.165) is 28.5 Å². The summed E-state index contributed by atoms with van der Waals surface area (Å²) in [5.41, 5.74) is 4.72. The summed E-state index contributed by atoms with van der Waals surface area (Å²) in [6.45, 7) is 0. The lowest BCUT2D eigenvalue weighted by atomic mass is 9.92. The van der Waals surface area contributed by atoms with E-state index in [1.807, 2.05) is 30.5 Å². The molecule has 0 aromatic heterocycles. The predicted molar refractivity (Wildman–Crippen MR) is 85.0 cm³/mol. The van der Waals surface area contributed by atoms with E-state index in [-0.39, 0.29) is 6.17 Å². The Hall–Kier alpha value is -3.19. The number of nitriles is 1. The molecule has 3 aliphatic heterocycles. The number of hydrogen-bond donors (Lipinski definition) is 0. The number of fused-ring (bicyclic) bond motifs is 5. The third kappa shape index (κ3) is 1.59. The van der Waals surface area contributed by atoms with Crippen molar-refractivity contribution in [1.82, 2.24) is 4.90 Å². The maximum atomic E-state index is 9.75. The molecule has 1 aliphatic carbocycles. The number of rotatable bonds is 0. The molecule has 108 valence electrons. The van der Waals surface area contributed by atoms with E-state index >= 15 is 0 Å². The van der Waals surface area contributed by atoms with Gasteiger partial charge in [-0.2, -0.15) is 5.26 Å². The second kappa shape index (κ2) is 4.40. The molecule has 4 heteroatoms. The molecule has 0 saturated heterocycles. The molecular weight excluding hydrogens is 284 g/mol. The van der Waals surface area contributed by atoms with Crippen LogP contribution in [0.4, 0.5) is 0 Å². The van der Waals surface area contributed by atoms with Gasteiger partial charge in [0.15, 0.2) is 6.17 Å². The lowest BCUT2D eigenvalue weighted by Crippen LogP contribution is -2.37. The fourth-order valence-corrected chi connectivity index (χ4v) is 3.50. The molecule has 3 heterocycles. The summed E-state index contributed by atoms with van der Waals surface area (Å²) in [6.07, 6.45) is 11.0. The largest absolute Gasteiger partial charge is 0.319 e. The molecule has 1 aromatic carbocycles. The van der Waals surface area contributed by atoms with Gasteiger partial charge in [-0.3, -0.25) is 4.99 Å². The summed E-state index contributed by atoms with van der Waals surface area (Å²) >= 11 is 0. The van der Waals surface area contributed by atoms with Gasteiger partial charge in [-0.25, -0.2) is 4.99 Å². The summed E-state index contributed by atoms with van der Waals surface area (Å²) in [5, 5.41) is 11.5. The lowest BCUT2D eigenvalue weighted by molar-refractivity contribution is 0.402. The third-order valence-electron chi connectivity index (χ3n) is 4.54. The van der Waals surface area contributed by atoms with Crippen molar-refractivity contribution in [2.45, 2.75) is 12.6 Å². The highest BCUT2D eigenvalue weighted by molar-refractivity contribution is 5.63. The summed E-state index contributed by atoms with van der Waals surface area (Å²) in [6, 6.07) is 10.2. The molecule has 0 N–H and O–H groups in total. The summed E-state index contributed by atoms with van der Waals surface area (Å²) in [7, 11) is 0. The normalized spacial score (nSPS) is 23.2. The maximum absolute atomic E-state index is 9.75. The van der Waals surface area contributed by atoms with Crippen molar-refractivity contribution >= 4 is 0 Å². The van der Waals surface area contributed by atoms with Crippen LogP contribution in [0, 0.1) is 11.3 Å². The van der Waals surface area contributed by atoms with Crippen molar-refractivity contribution in [3.8, 4) is 6.07 Å². The first-order valence-electron chi connectivity index (χ1n) is 7.60. The molecule has 0 bridgehead atoms. The smallest absolute Gasteiger partial charge is 0.170 e. The van der Waals surface area contributed by atoms with Crippen molar-refractivity contribution in [2.24, 2.45) is 9.98 Å². The van der Waals surface area contributed by atoms with Gasteiger partial charge in [-0.15, -0.1) is 0 Å². The number of hydrogen-bond acceptors (Lipinski definition) is 4. The quantitative estimate of drug-likeness (QED) is 0.735. The molecule has 0 radical (unpaired) electrons. The predicted octanol–water partition coefficient (Wildman–Crippen LogP) is 2.03. The molecular formula is C19H12N4. The average Bonchev–Trinajstić information content (AvgIpc) is 2.93. The van der Waals surface area contributed by atoms with Crippen LogP contribution in [0.2, 0.25) is 0 Å². The van der Waals surface area contributed by atoms with E-state index in [0.29, 0.717) is 5.57 Å². The minimum atomic E-state index is -0.231. The van der Waals surface area contributed by atoms with Crippen LogP contribution >= 0.6 is 0 Å². The van der Waals surface area contributed by atoms with Crippen LogP contribution in [0.3, 0.4) is 0 Å². The molecule has 0 fully saturated rings. The fourth-order valence-electron chi connectivity index (χ4n) is 3.50. The van der Waals surface area contributed by atoms with Crippen LogP contribution in [0.5, 0.6) is 0 Å². The molecule has 4 nitrogen and oxygen atoms in total. The summed E-state index contributed by atoms with van der Waals surface area (Å²) in [5.74, 6) is 0. The highest BCUT2D eigenvalue weighted by atomic mass is 15.3. The van der Waals surface area contributed by atoms with E-state index in [2.05, 4.69) is 35.3 Å². The number of benzene rings is 1. The molecule has 23 heavy (non-hydrogen) atoms. The molecule has 0 spiro atoms. The lowest BCUT2D eigenvalue weighted by Gasteiger charge is -2.29. The molecule has 0 amide bonds. The van der Waals surface area contributed by atoms with E-state index in [1.165, 1.54) is 11.1 Å². The van der Waals surface area contributed by atoms with E-state index in [9.17, 15) is 5.26 Å². The summed E-state index contributed by atoms with van der Waals surface area (Å²) in [4.78, 5) is 11.6. The average molecular weight is 296 g/mol. The zero-order valence-electron chi connectivity index (χ0n) is 12.3. The Morgan fingerprint density at radius 1 is 1.22 bits per heavy atom. The number of allylic oxidation sites excluding steroid dienone is 7. The molecule has 4 aliphatic rings. The number of para-hydroxylation sites is 2. The van der Waals surface area contributed by atoms with Crippen LogP contribution < -0.4 is 10.7 Å². The monoisotopic (exact) mass is 296 g/mol. The summed E-state index contributed by atoms with van der Waals surface area (Å²) < 4.78 is 0. The van der Waals surface area contributed by atoms with Gasteiger partial charge in [0.1, 0.15) is 17.3 Å². The highest BCUT2D eigenvalue weighted by Crippen LogP contribution is 2.43.